The number of Topliss-reactive ketones (excluding diaryl/α,β-unsaturated/α-hetero) is 1. The number of likely N-dealkylation sites (tertiary alicyclic amines) is 1. The lowest BCUT2D eigenvalue weighted by Crippen LogP contribution is -2.31. The van der Waals surface area contributed by atoms with Gasteiger partial charge in [-0.15, -0.1) is 0 Å². The fourth-order valence-electron chi connectivity index (χ4n) is 3.19. The van der Waals surface area contributed by atoms with E-state index >= 15 is 0 Å². The topological polar surface area (TPSA) is 94.9 Å². The molecule has 1 heterocycles. The van der Waals surface area contributed by atoms with Gasteiger partial charge < -0.3 is 15.1 Å². The summed E-state index contributed by atoms with van der Waals surface area (Å²) < 4.78 is 0. The molecule has 6 nitrogen and oxygen atoms in total. The van der Waals surface area contributed by atoms with Gasteiger partial charge in [0, 0.05) is 17.1 Å². The van der Waals surface area contributed by atoms with Gasteiger partial charge in [-0.1, -0.05) is 53.6 Å². The lowest BCUT2D eigenvalue weighted by molar-refractivity contribution is -0.142. The predicted molar refractivity (Wildman–Crippen MR) is 104 cm³/mol. The molecule has 144 valence electrons. The van der Waals surface area contributed by atoms with Gasteiger partial charge in [-0.25, -0.2) is 0 Å². The molecule has 1 fully saturated rings. The maximum Gasteiger partial charge on any atom is 0.305 e. The van der Waals surface area contributed by atoms with Gasteiger partial charge in [0.25, 0.3) is 11.7 Å². The molecule has 28 heavy (non-hydrogen) atoms. The number of benzene rings is 2. The lowest BCUT2D eigenvalue weighted by atomic mass is 9.95. The molecule has 1 aliphatic rings. The quantitative estimate of drug-likeness (QED) is 0.455. The summed E-state index contributed by atoms with van der Waals surface area (Å²) in [5.74, 6) is -3.07. The smallest absolute Gasteiger partial charge is 0.305 e. The Morgan fingerprint density at radius 2 is 1.64 bits per heavy atom. The monoisotopic (exact) mass is 399 g/mol. The van der Waals surface area contributed by atoms with E-state index in [9.17, 15) is 19.5 Å². The average Bonchev–Trinajstić information content (AvgIpc) is 2.91. The van der Waals surface area contributed by atoms with Gasteiger partial charge in [-0.2, -0.15) is 0 Å². The number of hydrogen-bond acceptors (Lipinski definition) is 4. The van der Waals surface area contributed by atoms with Crippen molar-refractivity contribution in [2.24, 2.45) is 0 Å². The molecule has 1 atom stereocenters. The van der Waals surface area contributed by atoms with Crippen LogP contribution in [0.1, 0.15) is 29.2 Å². The van der Waals surface area contributed by atoms with Crippen LogP contribution >= 0.6 is 11.6 Å². The minimum atomic E-state index is -1.09. The van der Waals surface area contributed by atoms with Crippen molar-refractivity contribution >= 4 is 35.0 Å². The third kappa shape index (κ3) is 3.77. The van der Waals surface area contributed by atoms with Crippen LogP contribution in [0, 0.1) is 6.92 Å². The molecule has 0 aliphatic carbocycles. The number of nitrogens with zero attached hydrogens (tertiary/aromatic N) is 1. The van der Waals surface area contributed by atoms with Crippen molar-refractivity contribution in [1.29, 1.82) is 0 Å². The number of carbonyl (C=O) groups excluding carboxylic acids is 2. The summed E-state index contributed by atoms with van der Waals surface area (Å²) in [5.41, 5.74) is 1.87. The van der Waals surface area contributed by atoms with Gasteiger partial charge in [0.2, 0.25) is 0 Å². The van der Waals surface area contributed by atoms with E-state index in [1.165, 1.54) is 4.90 Å². The number of carboxylic acids is 1. The second-order valence-corrected chi connectivity index (χ2v) is 6.99. The van der Waals surface area contributed by atoms with Gasteiger partial charge >= 0.3 is 5.97 Å². The number of aryl methyl sites for hydroxylation is 1. The highest BCUT2D eigenvalue weighted by Crippen LogP contribution is 2.39. The Balaban J connectivity index is 2.14. The first kappa shape index (κ1) is 19.6. The molecule has 1 unspecified atom stereocenters. The van der Waals surface area contributed by atoms with Crippen LogP contribution in [0.15, 0.2) is 54.1 Å². The van der Waals surface area contributed by atoms with Crippen LogP contribution < -0.4 is 0 Å². The van der Waals surface area contributed by atoms with Crippen LogP contribution in [0.25, 0.3) is 5.76 Å². The van der Waals surface area contributed by atoms with Crippen molar-refractivity contribution in [3.8, 4) is 0 Å². The second-order valence-electron chi connectivity index (χ2n) is 6.55. The fourth-order valence-corrected chi connectivity index (χ4v) is 3.31. The molecule has 1 aliphatic heterocycles. The standard InChI is InChI=1S/C21H18ClNO5/c1-12-2-4-14(5-3-12)19(26)17-18(13-6-8-15(22)9-7-13)23(11-10-16(24)25)21(28)20(17)27/h2-9,18,26H,10-11H2,1H3,(H,24,25)/b19-17+. The van der Waals surface area contributed by atoms with Crippen molar-refractivity contribution in [3.05, 3.63) is 75.8 Å². The molecule has 0 aromatic heterocycles. The van der Waals surface area contributed by atoms with E-state index in [2.05, 4.69) is 0 Å². The van der Waals surface area contributed by atoms with Crippen LogP contribution in [-0.4, -0.2) is 39.3 Å². The summed E-state index contributed by atoms with van der Waals surface area (Å²) in [6.07, 6.45) is -0.318. The number of amides is 1. The number of hydrogen-bond donors (Lipinski definition) is 2. The maximum atomic E-state index is 12.7. The van der Waals surface area contributed by atoms with Gasteiger partial charge in [0.05, 0.1) is 18.0 Å². The minimum absolute atomic E-state index is 0.0680. The first-order valence-electron chi connectivity index (χ1n) is 8.62. The Morgan fingerprint density at radius 1 is 1.04 bits per heavy atom. The molecule has 1 amide bonds. The van der Waals surface area contributed by atoms with Crippen LogP contribution in [0.2, 0.25) is 5.02 Å². The third-order valence-corrected chi connectivity index (χ3v) is 4.87. The van der Waals surface area contributed by atoms with Crippen molar-refractivity contribution < 1.29 is 24.6 Å². The molecule has 2 N–H and O–H groups in total. The lowest BCUT2D eigenvalue weighted by Gasteiger charge is -2.24. The number of ketones is 1. The molecule has 2 aromatic carbocycles. The highest BCUT2D eigenvalue weighted by Gasteiger charge is 2.46. The predicted octanol–water partition coefficient (Wildman–Crippen LogP) is 3.54. The molecule has 0 radical (unpaired) electrons. The number of aliphatic hydroxyl groups excluding tert-OH is 1. The summed E-state index contributed by atoms with van der Waals surface area (Å²) in [5, 5.41) is 20.3. The Labute approximate surface area is 166 Å². The Kier molecular flexibility index (Phi) is 5.51. The number of carboxylic acid groups (broad SMARTS) is 1. The minimum Gasteiger partial charge on any atom is -0.507 e. The second kappa shape index (κ2) is 7.86. The zero-order chi connectivity index (χ0) is 20.4. The molecule has 7 heteroatoms. The number of halogens is 1. The van der Waals surface area contributed by atoms with E-state index in [0.29, 0.717) is 16.1 Å². The summed E-state index contributed by atoms with van der Waals surface area (Å²) >= 11 is 5.94. The van der Waals surface area contributed by atoms with Gasteiger partial charge in [-0.05, 0) is 24.6 Å². The third-order valence-electron chi connectivity index (χ3n) is 4.62. The molecule has 0 spiro atoms. The van der Waals surface area contributed by atoms with Crippen molar-refractivity contribution in [1.82, 2.24) is 4.90 Å². The summed E-state index contributed by atoms with van der Waals surface area (Å²) in [6, 6.07) is 12.5. The van der Waals surface area contributed by atoms with Crippen LogP contribution in [0.5, 0.6) is 0 Å². The van der Waals surface area contributed by atoms with E-state index in [1.54, 1.807) is 48.5 Å². The highest BCUT2D eigenvalue weighted by molar-refractivity contribution is 6.46. The van der Waals surface area contributed by atoms with E-state index in [0.717, 1.165) is 5.56 Å². The maximum absolute atomic E-state index is 12.7. The number of carbonyl (C=O) groups is 3. The Morgan fingerprint density at radius 3 is 2.21 bits per heavy atom. The van der Waals surface area contributed by atoms with Crippen LogP contribution in [0.4, 0.5) is 0 Å². The van der Waals surface area contributed by atoms with E-state index in [1.807, 2.05) is 6.92 Å². The molecule has 2 aromatic rings. The van der Waals surface area contributed by atoms with E-state index < -0.39 is 23.7 Å². The Bertz CT molecular complexity index is 963. The molecule has 0 saturated carbocycles. The molecule has 0 bridgehead atoms. The van der Waals surface area contributed by atoms with Crippen molar-refractivity contribution in [2.75, 3.05) is 6.54 Å². The van der Waals surface area contributed by atoms with Crippen molar-refractivity contribution in [2.45, 2.75) is 19.4 Å². The van der Waals surface area contributed by atoms with Crippen molar-refractivity contribution in [3.63, 3.8) is 0 Å². The number of rotatable bonds is 5. The van der Waals surface area contributed by atoms with E-state index in [-0.39, 0.29) is 24.3 Å². The van der Waals surface area contributed by atoms with Gasteiger partial charge in [0.15, 0.2) is 0 Å². The zero-order valence-electron chi connectivity index (χ0n) is 15.1. The van der Waals surface area contributed by atoms with Gasteiger partial charge in [0.1, 0.15) is 5.76 Å². The molecule has 3 rings (SSSR count). The van der Waals surface area contributed by atoms with Crippen LogP contribution in [-0.2, 0) is 14.4 Å². The highest BCUT2D eigenvalue weighted by atomic mass is 35.5. The largest absolute Gasteiger partial charge is 0.507 e. The van der Waals surface area contributed by atoms with Crippen LogP contribution in [0.3, 0.4) is 0 Å². The fraction of sp³-hybridized carbons (Fsp3) is 0.190. The SMILES string of the molecule is Cc1ccc(/C(O)=C2\C(=O)C(=O)N(CCC(=O)O)C2c2ccc(Cl)cc2)cc1. The molecule has 1 saturated heterocycles. The molecular weight excluding hydrogens is 382 g/mol. The number of aliphatic carboxylic acids is 1. The van der Waals surface area contributed by atoms with E-state index in [4.69, 9.17) is 16.7 Å². The normalized spacial score (nSPS) is 18.5. The summed E-state index contributed by atoms with van der Waals surface area (Å²) in [7, 11) is 0. The Hall–Kier alpha value is -3.12. The summed E-state index contributed by atoms with van der Waals surface area (Å²) in [4.78, 5) is 37.5. The zero-order valence-corrected chi connectivity index (χ0v) is 15.8. The summed E-state index contributed by atoms with van der Waals surface area (Å²) in [6.45, 7) is 1.74. The first-order valence-corrected chi connectivity index (χ1v) is 9.00. The number of aliphatic hydroxyl groups is 1. The van der Waals surface area contributed by atoms with Gasteiger partial charge in [-0.3, -0.25) is 14.4 Å². The first-order chi connectivity index (χ1) is 13.3. The average molecular weight is 400 g/mol. The molecular formula is C21H18ClNO5.